The van der Waals surface area contributed by atoms with Gasteiger partial charge in [0.1, 0.15) is 0 Å². The smallest absolute Gasteiger partial charge is 0.162 e. The maximum absolute atomic E-state index is 13.3. The minimum atomic E-state index is -0.818. The van der Waals surface area contributed by atoms with Crippen molar-refractivity contribution in [3.8, 4) is 0 Å². The Morgan fingerprint density at radius 1 is 1.38 bits per heavy atom. The number of methoxy groups -OCH3 is 1. The van der Waals surface area contributed by atoms with Crippen molar-refractivity contribution in [1.29, 1.82) is 0 Å². The first kappa shape index (κ1) is 13.1. The SMILES string of the molecule is COCCCC(N)Cc1cccc(F)c1F. The molecule has 0 amide bonds. The van der Waals surface area contributed by atoms with Crippen LogP contribution in [0.3, 0.4) is 0 Å². The van der Waals surface area contributed by atoms with Gasteiger partial charge in [0.15, 0.2) is 11.6 Å². The highest BCUT2D eigenvalue weighted by Crippen LogP contribution is 2.14. The first-order valence-electron chi connectivity index (χ1n) is 5.32. The van der Waals surface area contributed by atoms with Crippen molar-refractivity contribution < 1.29 is 13.5 Å². The normalized spacial score (nSPS) is 12.8. The Morgan fingerprint density at radius 3 is 2.81 bits per heavy atom. The maximum atomic E-state index is 13.3. The molecule has 1 rings (SSSR count). The van der Waals surface area contributed by atoms with Gasteiger partial charge in [-0.3, -0.25) is 0 Å². The minimum Gasteiger partial charge on any atom is -0.385 e. The molecule has 1 unspecified atom stereocenters. The van der Waals surface area contributed by atoms with E-state index >= 15 is 0 Å². The molecule has 16 heavy (non-hydrogen) atoms. The Kier molecular flexibility index (Phi) is 5.35. The Labute approximate surface area is 94.4 Å². The molecule has 0 aliphatic heterocycles. The molecule has 4 heteroatoms. The zero-order valence-electron chi connectivity index (χ0n) is 9.38. The summed E-state index contributed by atoms with van der Waals surface area (Å²) in [5.41, 5.74) is 6.16. The molecule has 2 N–H and O–H groups in total. The number of hydrogen-bond donors (Lipinski definition) is 1. The molecule has 0 fully saturated rings. The summed E-state index contributed by atoms with van der Waals surface area (Å²) in [6.07, 6.45) is 1.92. The first-order chi connectivity index (χ1) is 7.65. The average molecular weight is 229 g/mol. The fraction of sp³-hybridized carbons (Fsp3) is 0.500. The third-order valence-electron chi connectivity index (χ3n) is 2.44. The van der Waals surface area contributed by atoms with Crippen LogP contribution in [0.15, 0.2) is 18.2 Å². The molecule has 0 saturated heterocycles. The number of benzene rings is 1. The Morgan fingerprint density at radius 2 is 2.12 bits per heavy atom. The Bertz CT molecular complexity index is 331. The number of hydrogen-bond acceptors (Lipinski definition) is 2. The van der Waals surface area contributed by atoms with Crippen molar-refractivity contribution in [2.45, 2.75) is 25.3 Å². The largest absolute Gasteiger partial charge is 0.385 e. The second kappa shape index (κ2) is 6.55. The molecule has 1 aromatic rings. The van der Waals surface area contributed by atoms with E-state index in [2.05, 4.69) is 0 Å². The molecular formula is C12H17F2NO. The zero-order valence-corrected chi connectivity index (χ0v) is 9.38. The van der Waals surface area contributed by atoms with Crippen LogP contribution in [0.1, 0.15) is 18.4 Å². The second-order valence-corrected chi connectivity index (χ2v) is 3.81. The van der Waals surface area contributed by atoms with E-state index in [0.29, 0.717) is 18.6 Å². The summed E-state index contributed by atoms with van der Waals surface area (Å²) in [6, 6.07) is 4.01. The topological polar surface area (TPSA) is 35.2 Å². The van der Waals surface area contributed by atoms with Gasteiger partial charge < -0.3 is 10.5 Å². The molecule has 0 aliphatic rings. The van der Waals surface area contributed by atoms with Crippen molar-refractivity contribution in [1.82, 2.24) is 0 Å². The van der Waals surface area contributed by atoms with Gasteiger partial charge in [-0.15, -0.1) is 0 Å². The monoisotopic (exact) mass is 229 g/mol. The zero-order chi connectivity index (χ0) is 12.0. The fourth-order valence-corrected chi connectivity index (χ4v) is 1.58. The quantitative estimate of drug-likeness (QED) is 0.759. The second-order valence-electron chi connectivity index (χ2n) is 3.81. The predicted octanol–water partition coefficient (Wildman–Crippen LogP) is 2.26. The molecule has 1 aromatic carbocycles. The molecular weight excluding hydrogens is 212 g/mol. The predicted molar refractivity (Wildman–Crippen MR) is 59.1 cm³/mol. The minimum absolute atomic E-state index is 0.161. The van der Waals surface area contributed by atoms with Crippen molar-refractivity contribution in [2.75, 3.05) is 13.7 Å². The lowest BCUT2D eigenvalue weighted by molar-refractivity contribution is 0.190. The molecule has 0 aromatic heterocycles. The third-order valence-corrected chi connectivity index (χ3v) is 2.44. The van der Waals surface area contributed by atoms with Gasteiger partial charge >= 0.3 is 0 Å². The van der Waals surface area contributed by atoms with Gasteiger partial charge in [-0.05, 0) is 30.9 Å². The molecule has 0 heterocycles. The molecule has 0 bridgehead atoms. The summed E-state index contributed by atoms with van der Waals surface area (Å²) in [7, 11) is 1.62. The summed E-state index contributed by atoms with van der Waals surface area (Å²) in [6.45, 7) is 0.638. The van der Waals surface area contributed by atoms with Crippen LogP contribution in [0.25, 0.3) is 0 Å². The van der Waals surface area contributed by atoms with E-state index in [9.17, 15) is 8.78 Å². The van der Waals surface area contributed by atoms with Crippen molar-refractivity contribution in [3.63, 3.8) is 0 Å². The van der Waals surface area contributed by atoms with Crippen molar-refractivity contribution in [2.24, 2.45) is 5.73 Å². The average Bonchev–Trinajstić information content (AvgIpc) is 2.25. The van der Waals surface area contributed by atoms with E-state index in [-0.39, 0.29) is 6.04 Å². The van der Waals surface area contributed by atoms with Gasteiger partial charge in [0, 0.05) is 19.8 Å². The number of ether oxygens (including phenoxy) is 1. The van der Waals surface area contributed by atoms with E-state index < -0.39 is 11.6 Å². The van der Waals surface area contributed by atoms with Crippen molar-refractivity contribution >= 4 is 0 Å². The van der Waals surface area contributed by atoms with E-state index in [1.54, 1.807) is 13.2 Å². The van der Waals surface area contributed by atoms with Crippen molar-refractivity contribution in [3.05, 3.63) is 35.4 Å². The molecule has 90 valence electrons. The van der Waals surface area contributed by atoms with Gasteiger partial charge in [0.25, 0.3) is 0 Å². The Hall–Kier alpha value is -1.00. The van der Waals surface area contributed by atoms with Gasteiger partial charge in [-0.25, -0.2) is 8.78 Å². The molecule has 0 spiro atoms. The third kappa shape index (κ3) is 3.87. The van der Waals surface area contributed by atoms with Crippen LogP contribution in [0, 0.1) is 11.6 Å². The van der Waals surface area contributed by atoms with E-state index in [1.165, 1.54) is 6.07 Å². The van der Waals surface area contributed by atoms with Gasteiger partial charge in [0.05, 0.1) is 0 Å². The van der Waals surface area contributed by atoms with Gasteiger partial charge in [-0.2, -0.15) is 0 Å². The highest BCUT2D eigenvalue weighted by Gasteiger charge is 2.11. The highest BCUT2D eigenvalue weighted by atomic mass is 19.2. The van der Waals surface area contributed by atoms with E-state index in [0.717, 1.165) is 18.9 Å². The molecule has 2 nitrogen and oxygen atoms in total. The molecule has 0 aliphatic carbocycles. The Balaban J connectivity index is 2.49. The lowest BCUT2D eigenvalue weighted by Crippen LogP contribution is -2.23. The molecule has 1 atom stereocenters. The first-order valence-corrected chi connectivity index (χ1v) is 5.32. The number of halogens is 2. The molecule has 0 saturated carbocycles. The number of nitrogens with two attached hydrogens (primary N) is 1. The van der Waals surface area contributed by atoms with Crippen LogP contribution in [-0.4, -0.2) is 19.8 Å². The van der Waals surface area contributed by atoms with Gasteiger partial charge in [-0.1, -0.05) is 12.1 Å². The molecule has 0 radical (unpaired) electrons. The summed E-state index contributed by atoms with van der Waals surface area (Å²) >= 11 is 0. The summed E-state index contributed by atoms with van der Waals surface area (Å²) in [4.78, 5) is 0. The highest BCUT2D eigenvalue weighted by molar-refractivity contribution is 5.19. The van der Waals surface area contributed by atoms with Crippen LogP contribution >= 0.6 is 0 Å². The standard InChI is InChI=1S/C12H17F2NO/c1-16-7-3-5-10(15)8-9-4-2-6-11(13)12(9)14/h2,4,6,10H,3,5,7-8,15H2,1H3. The van der Waals surface area contributed by atoms with Crippen LogP contribution in [0.2, 0.25) is 0 Å². The van der Waals surface area contributed by atoms with Crippen LogP contribution < -0.4 is 5.73 Å². The van der Waals surface area contributed by atoms with Crippen LogP contribution in [-0.2, 0) is 11.2 Å². The summed E-state index contributed by atoms with van der Waals surface area (Å²) in [5.74, 6) is -1.61. The number of rotatable bonds is 6. The van der Waals surface area contributed by atoms with E-state index in [4.69, 9.17) is 10.5 Å². The van der Waals surface area contributed by atoms with E-state index in [1.807, 2.05) is 0 Å². The summed E-state index contributed by atoms with van der Waals surface area (Å²) in [5, 5.41) is 0. The lowest BCUT2D eigenvalue weighted by Gasteiger charge is -2.12. The summed E-state index contributed by atoms with van der Waals surface area (Å²) < 4.78 is 31.1. The van der Waals surface area contributed by atoms with Crippen LogP contribution in [0.5, 0.6) is 0 Å². The fourth-order valence-electron chi connectivity index (χ4n) is 1.58. The lowest BCUT2D eigenvalue weighted by atomic mass is 10.0. The van der Waals surface area contributed by atoms with Crippen LogP contribution in [0.4, 0.5) is 8.78 Å². The maximum Gasteiger partial charge on any atom is 0.162 e. The van der Waals surface area contributed by atoms with Gasteiger partial charge in [0.2, 0.25) is 0 Å².